The van der Waals surface area contributed by atoms with Crippen LogP contribution in [0.1, 0.15) is 17.5 Å². The SMILES string of the molecule is c1ccc2c(c1)CCC2=NOCC1CO1. The third kappa shape index (κ3) is 1.88. The number of aryl methyl sites for hydroxylation is 1. The van der Waals surface area contributed by atoms with Crippen LogP contribution in [0, 0.1) is 0 Å². The highest BCUT2D eigenvalue weighted by molar-refractivity contribution is 6.04. The second-order valence-corrected chi connectivity index (χ2v) is 3.95. The van der Waals surface area contributed by atoms with E-state index in [9.17, 15) is 0 Å². The molecule has 3 rings (SSSR count). The van der Waals surface area contributed by atoms with Crippen molar-refractivity contribution in [3.63, 3.8) is 0 Å². The molecule has 1 heterocycles. The van der Waals surface area contributed by atoms with Crippen molar-refractivity contribution < 1.29 is 9.57 Å². The van der Waals surface area contributed by atoms with E-state index in [4.69, 9.17) is 9.57 Å². The van der Waals surface area contributed by atoms with E-state index in [0.29, 0.717) is 6.61 Å². The second-order valence-electron chi connectivity index (χ2n) is 3.95. The summed E-state index contributed by atoms with van der Waals surface area (Å²) in [7, 11) is 0. The van der Waals surface area contributed by atoms with Crippen LogP contribution in [0.5, 0.6) is 0 Å². The van der Waals surface area contributed by atoms with E-state index in [1.807, 2.05) is 6.07 Å². The molecule has 3 heteroatoms. The number of oxime groups is 1. The molecule has 3 nitrogen and oxygen atoms in total. The normalized spacial score (nSPS) is 25.3. The molecule has 0 amide bonds. The van der Waals surface area contributed by atoms with Crippen LogP contribution in [-0.2, 0) is 16.0 Å². The Morgan fingerprint density at radius 2 is 2.20 bits per heavy atom. The van der Waals surface area contributed by atoms with E-state index in [0.717, 1.165) is 25.2 Å². The number of fused-ring (bicyclic) bond motifs is 1. The Bertz CT molecular complexity index is 396. The minimum Gasteiger partial charge on any atom is -0.393 e. The molecule has 1 aromatic rings. The zero-order valence-corrected chi connectivity index (χ0v) is 8.48. The van der Waals surface area contributed by atoms with Crippen molar-refractivity contribution in [3.05, 3.63) is 35.4 Å². The molecular formula is C12H13NO2. The van der Waals surface area contributed by atoms with E-state index in [1.165, 1.54) is 11.1 Å². The van der Waals surface area contributed by atoms with E-state index in [-0.39, 0.29) is 6.10 Å². The molecule has 15 heavy (non-hydrogen) atoms. The number of benzene rings is 1. The lowest BCUT2D eigenvalue weighted by Gasteiger charge is -1.99. The maximum atomic E-state index is 5.26. The van der Waals surface area contributed by atoms with Crippen LogP contribution in [0.2, 0.25) is 0 Å². The van der Waals surface area contributed by atoms with Gasteiger partial charge in [0.2, 0.25) is 0 Å². The monoisotopic (exact) mass is 203 g/mol. The van der Waals surface area contributed by atoms with Crippen LogP contribution < -0.4 is 0 Å². The summed E-state index contributed by atoms with van der Waals surface area (Å²) in [5.41, 5.74) is 3.70. The highest BCUT2D eigenvalue weighted by Crippen LogP contribution is 2.22. The van der Waals surface area contributed by atoms with Crippen molar-refractivity contribution in [2.24, 2.45) is 5.16 Å². The van der Waals surface area contributed by atoms with Crippen molar-refractivity contribution in [1.82, 2.24) is 0 Å². The Morgan fingerprint density at radius 3 is 3.07 bits per heavy atom. The Kier molecular flexibility index (Phi) is 2.18. The van der Waals surface area contributed by atoms with Crippen LogP contribution in [0.3, 0.4) is 0 Å². The smallest absolute Gasteiger partial charge is 0.145 e. The molecule has 1 saturated heterocycles. The lowest BCUT2D eigenvalue weighted by Crippen LogP contribution is -2.01. The molecule has 1 fully saturated rings. The lowest BCUT2D eigenvalue weighted by molar-refractivity contribution is 0.124. The van der Waals surface area contributed by atoms with Gasteiger partial charge in [0.05, 0.1) is 12.3 Å². The molecule has 0 N–H and O–H groups in total. The second kappa shape index (κ2) is 3.66. The standard InChI is InChI=1S/C12H13NO2/c1-2-4-11-9(3-1)5-6-12(11)13-15-8-10-7-14-10/h1-4,10H,5-8H2. The molecule has 0 saturated carbocycles. The van der Waals surface area contributed by atoms with Gasteiger partial charge in [0.1, 0.15) is 12.7 Å². The van der Waals surface area contributed by atoms with Gasteiger partial charge < -0.3 is 9.57 Å². The minimum absolute atomic E-state index is 0.283. The van der Waals surface area contributed by atoms with Crippen LogP contribution in [-0.4, -0.2) is 25.0 Å². The number of nitrogens with zero attached hydrogens (tertiary/aromatic N) is 1. The van der Waals surface area contributed by atoms with Crippen LogP contribution >= 0.6 is 0 Å². The van der Waals surface area contributed by atoms with E-state index in [1.54, 1.807) is 0 Å². The van der Waals surface area contributed by atoms with Crippen LogP contribution in [0.15, 0.2) is 29.4 Å². The van der Waals surface area contributed by atoms with Gasteiger partial charge in [-0.15, -0.1) is 0 Å². The fraction of sp³-hybridized carbons (Fsp3) is 0.417. The topological polar surface area (TPSA) is 34.1 Å². The zero-order chi connectivity index (χ0) is 10.1. The minimum atomic E-state index is 0.283. The average molecular weight is 203 g/mol. The molecule has 1 aromatic carbocycles. The molecule has 1 aliphatic heterocycles. The molecule has 0 radical (unpaired) electrons. The van der Waals surface area contributed by atoms with E-state index >= 15 is 0 Å². The quantitative estimate of drug-likeness (QED) is 0.554. The predicted molar refractivity (Wildman–Crippen MR) is 57.0 cm³/mol. The number of epoxide rings is 1. The Hall–Kier alpha value is -1.35. The number of ether oxygens (including phenoxy) is 1. The predicted octanol–water partition coefficient (Wildman–Crippen LogP) is 1.75. The number of hydrogen-bond acceptors (Lipinski definition) is 3. The fourth-order valence-electron chi connectivity index (χ4n) is 1.86. The first-order chi connectivity index (χ1) is 7.43. The third-order valence-electron chi connectivity index (χ3n) is 2.80. The van der Waals surface area contributed by atoms with Gasteiger partial charge in [0.15, 0.2) is 0 Å². The molecule has 1 atom stereocenters. The summed E-state index contributed by atoms with van der Waals surface area (Å²) in [6.07, 6.45) is 2.36. The van der Waals surface area contributed by atoms with E-state index < -0.39 is 0 Å². The summed E-state index contributed by atoms with van der Waals surface area (Å²) in [6, 6.07) is 8.38. The van der Waals surface area contributed by atoms with Crippen molar-refractivity contribution in [2.45, 2.75) is 18.9 Å². The van der Waals surface area contributed by atoms with Gasteiger partial charge in [-0.1, -0.05) is 29.4 Å². The Balaban J connectivity index is 1.71. The van der Waals surface area contributed by atoms with Gasteiger partial charge in [0.25, 0.3) is 0 Å². The Morgan fingerprint density at radius 1 is 1.33 bits per heavy atom. The van der Waals surface area contributed by atoms with Gasteiger partial charge in [0, 0.05) is 5.56 Å². The van der Waals surface area contributed by atoms with Gasteiger partial charge >= 0.3 is 0 Å². The van der Waals surface area contributed by atoms with Crippen LogP contribution in [0.4, 0.5) is 0 Å². The Labute approximate surface area is 88.7 Å². The third-order valence-corrected chi connectivity index (χ3v) is 2.80. The molecule has 0 aromatic heterocycles. The van der Waals surface area contributed by atoms with Crippen molar-refractivity contribution >= 4 is 5.71 Å². The largest absolute Gasteiger partial charge is 0.393 e. The maximum absolute atomic E-state index is 5.26. The van der Waals surface area contributed by atoms with Crippen molar-refractivity contribution in [1.29, 1.82) is 0 Å². The molecule has 2 aliphatic rings. The molecule has 0 spiro atoms. The lowest BCUT2D eigenvalue weighted by atomic mass is 10.1. The van der Waals surface area contributed by atoms with Gasteiger partial charge in [-0.3, -0.25) is 0 Å². The summed E-state index contributed by atoms with van der Waals surface area (Å²) in [6.45, 7) is 1.41. The molecule has 1 unspecified atom stereocenters. The highest BCUT2D eigenvalue weighted by Gasteiger charge is 2.23. The molecule has 1 aliphatic carbocycles. The summed E-state index contributed by atoms with van der Waals surface area (Å²) in [5.74, 6) is 0. The van der Waals surface area contributed by atoms with Crippen molar-refractivity contribution in [2.75, 3.05) is 13.2 Å². The highest BCUT2D eigenvalue weighted by atomic mass is 16.7. The summed E-state index contributed by atoms with van der Waals surface area (Å²) in [5, 5.41) is 4.18. The fourth-order valence-corrected chi connectivity index (χ4v) is 1.86. The molecule has 78 valence electrons. The van der Waals surface area contributed by atoms with Gasteiger partial charge in [-0.05, 0) is 18.4 Å². The average Bonchev–Trinajstić information content (AvgIpc) is 3.00. The summed E-state index contributed by atoms with van der Waals surface area (Å²) >= 11 is 0. The van der Waals surface area contributed by atoms with Gasteiger partial charge in [-0.2, -0.15) is 0 Å². The first kappa shape index (κ1) is 8.92. The van der Waals surface area contributed by atoms with Gasteiger partial charge in [-0.25, -0.2) is 0 Å². The number of hydrogen-bond donors (Lipinski definition) is 0. The van der Waals surface area contributed by atoms with Crippen molar-refractivity contribution in [3.8, 4) is 0 Å². The zero-order valence-electron chi connectivity index (χ0n) is 8.48. The first-order valence-corrected chi connectivity index (χ1v) is 5.32. The number of rotatable bonds is 3. The van der Waals surface area contributed by atoms with Crippen LogP contribution in [0.25, 0.3) is 0 Å². The maximum Gasteiger partial charge on any atom is 0.145 e. The molecular weight excluding hydrogens is 190 g/mol. The summed E-state index contributed by atoms with van der Waals surface area (Å²) in [4.78, 5) is 5.26. The summed E-state index contributed by atoms with van der Waals surface area (Å²) < 4.78 is 5.05. The van der Waals surface area contributed by atoms with E-state index in [2.05, 4.69) is 23.4 Å². The first-order valence-electron chi connectivity index (χ1n) is 5.32. The molecule has 0 bridgehead atoms.